The molecule has 4 aromatic rings. The second-order valence-corrected chi connectivity index (χ2v) is 5.59. The van der Waals surface area contributed by atoms with Gasteiger partial charge >= 0.3 is 0 Å². The molecule has 1 N–H and O–H groups in total. The third-order valence-electron chi connectivity index (χ3n) is 3.94. The zero-order chi connectivity index (χ0) is 16.5. The number of fused-ring (bicyclic) bond motifs is 2. The summed E-state index contributed by atoms with van der Waals surface area (Å²) in [4.78, 5) is 16.4. The summed E-state index contributed by atoms with van der Waals surface area (Å²) < 4.78 is 15.5. The Morgan fingerprint density at radius 3 is 2.75 bits per heavy atom. The zero-order valence-electron chi connectivity index (χ0n) is 12.7. The quantitative estimate of drug-likeness (QED) is 0.621. The van der Waals surface area contributed by atoms with Crippen LogP contribution < -0.4 is 5.32 Å². The Balaban J connectivity index is 1.57. The lowest BCUT2D eigenvalue weighted by molar-refractivity contribution is -0.116. The van der Waals surface area contributed by atoms with Gasteiger partial charge in [0.2, 0.25) is 5.91 Å². The van der Waals surface area contributed by atoms with E-state index in [4.69, 9.17) is 0 Å². The third-order valence-corrected chi connectivity index (χ3v) is 3.94. The van der Waals surface area contributed by atoms with Crippen LogP contribution in [0.2, 0.25) is 0 Å². The summed E-state index contributed by atoms with van der Waals surface area (Å²) in [7, 11) is 0. The van der Waals surface area contributed by atoms with Crippen LogP contribution in [0.4, 0.5) is 10.1 Å². The van der Waals surface area contributed by atoms with Crippen molar-refractivity contribution in [3.05, 3.63) is 72.8 Å². The predicted molar refractivity (Wildman–Crippen MR) is 92.3 cm³/mol. The van der Waals surface area contributed by atoms with Gasteiger partial charge in [-0.1, -0.05) is 36.4 Å². The first-order valence-electron chi connectivity index (χ1n) is 7.59. The van der Waals surface area contributed by atoms with Crippen LogP contribution in [0.5, 0.6) is 0 Å². The van der Waals surface area contributed by atoms with E-state index in [2.05, 4.69) is 10.3 Å². The molecular weight excluding hydrogens is 305 g/mol. The van der Waals surface area contributed by atoms with Gasteiger partial charge in [-0.05, 0) is 35.0 Å². The molecule has 0 saturated heterocycles. The highest BCUT2D eigenvalue weighted by molar-refractivity contribution is 5.94. The number of hydrogen-bond donors (Lipinski definition) is 1. The van der Waals surface area contributed by atoms with Crippen LogP contribution in [-0.4, -0.2) is 15.5 Å². The Morgan fingerprint density at radius 2 is 1.88 bits per heavy atom. The Kier molecular flexibility index (Phi) is 3.46. The maximum Gasteiger partial charge on any atom is 0.244 e. The highest BCUT2D eigenvalue weighted by Gasteiger charge is 2.11. The fraction of sp³-hybridized carbons (Fsp3) is 0.0526. The Morgan fingerprint density at radius 1 is 1.04 bits per heavy atom. The number of anilines is 1. The summed E-state index contributed by atoms with van der Waals surface area (Å²) in [6.45, 7) is 0.00423. The molecule has 4 rings (SSSR count). The van der Waals surface area contributed by atoms with Crippen LogP contribution in [0.25, 0.3) is 21.8 Å². The molecule has 0 radical (unpaired) electrons. The van der Waals surface area contributed by atoms with E-state index >= 15 is 0 Å². The lowest BCUT2D eigenvalue weighted by Crippen LogP contribution is -2.18. The molecule has 0 unspecified atom stereocenters. The number of carbonyl (C=O) groups is 1. The molecule has 4 nitrogen and oxygen atoms in total. The molecule has 0 atom stereocenters. The molecular formula is C19H14FN3O. The van der Waals surface area contributed by atoms with E-state index in [1.165, 1.54) is 17.0 Å². The number of aromatic nitrogens is 2. The Labute approximate surface area is 137 Å². The summed E-state index contributed by atoms with van der Waals surface area (Å²) in [6, 6.07) is 18.3. The SMILES string of the molecule is O=C(Cn1cnc2cccc(F)c21)Nc1ccc2ccccc2c1. The van der Waals surface area contributed by atoms with Crippen molar-refractivity contribution in [3.63, 3.8) is 0 Å². The number of carbonyl (C=O) groups excluding carboxylic acids is 1. The van der Waals surface area contributed by atoms with E-state index < -0.39 is 0 Å². The van der Waals surface area contributed by atoms with Crippen molar-refractivity contribution >= 4 is 33.4 Å². The van der Waals surface area contributed by atoms with E-state index in [0.29, 0.717) is 16.7 Å². The van der Waals surface area contributed by atoms with Crippen molar-refractivity contribution < 1.29 is 9.18 Å². The first-order chi connectivity index (χ1) is 11.7. The Hall–Kier alpha value is -3.21. The molecule has 1 aromatic heterocycles. The lowest BCUT2D eigenvalue weighted by atomic mass is 10.1. The van der Waals surface area contributed by atoms with Crippen molar-refractivity contribution in [2.24, 2.45) is 0 Å². The average Bonchev–Trinajstić information content (AvgIpc) is 2.99. The standard InChI is InChI=1S/C19H14FN3O/c20-16-6-3-7-17-19(16)23(12-21-17)11-18(24)22-15-9-8-13-4-1-2-5-14(13)10-15/h1-10,12H,11H2,(H,22,24). The minimum atomic E-state index is -0.386. The second-order valence-electron chi connectivity index (χ2n) is 5.59. The van der Waals surface area contributed by atoms with E-state index in [-0.39, 0.29) is 18.3 Å². The first-order valence-corrected chi connectivity index (χ1v) is 7.59. The summed E-state index contributed by atoms with van der Waals surface area (Å²) in [5.74, 6) is -0.615. The van der Waals surface area contributed by atoms with Crippen molar-refractivity contribution in [2.45, 2.75) is 6.54 Å². The number of halogens is 1. The molecule has 1 amide bonds. The zero-order valence-corrected chi connectivity index (χ0v) is 12.7. The van der Waals surface area contributed by atoms with Gasteiger partial charge in [0, 0.05) is 5.69 Å². The number of nitrogens with zero attached hydrogens (tertiary/aromatic N) is 2. The van der Waals surface area contributed by atoms with Crippen LogP contribution in [0, 0.1) is 5.82 Å². The number of nitrogens with one attached hydrogen (secondary N) is 1. The summed E-state index contributed by atoms with van der Waals surface area (Å²) in [6.07, 6.45) is 1.48. The highest BCUT2D eigenvalue weighted by Crippen LogP contribution is 2.20. The molecule has 0 bridgehead atoms. The van der Waals surface area contributed by atoms with Crippen molar-refractivity contribution in [2.75, 3.05) is 5.32 Å². The van der Waals surface area contributed by atoms with Crippen molar-refractivity contribution in [3.8, 4) is 0 Å². The molecule has 0 aliphatic carbocycles. The number of imidazole rings is 1. The summed E-state index contributed by atoms with van der Waals surface area (Å²) in [5.41, 5.74) is 1.59. The first kappa shape index (κ1) is 14.4. The number of amides is 1. The van der Waals surface area contributed by atoms with Gasteiger partial charge in [-0.3, -0.25) is 4.79 Å². The van der Waals surface area contributed by atoms with Gasteiger partial charge in [-0.15, -0.1) is 0 Å². The average molecular weight is 319 g/mol. The van der Waals surface area contributed by atoms with Gasteiger partial charge in [0.05, 0.1) is 11.8 Å². The van der Waals surface area contributed by atoms with E-state index in [0.717, 1.165) is 10.8 Å². The van der Waals surface area contributed by atoms with Gasteiger partial charge in [-0.25, -0.2) is 9.37 Å². The maximum atomic E-state index is 13.9. The molecule has 0 aliphatic heterocycles. The fourth-order valence-electron chi connectivity index (χ4n) is 2.82. The molecule has 0 fully saturated rings. The lowest BCUT2D eigenvalue weighted by Gasteiger charge is -2.08. The van der Waals surface area contributed by atoms with Crippen LogP contribution in [0.15, 0.2) is 67.0 Å². The molecule has 118 valence electrons. The smallest absolute Gasteiger partial charge is 0.244 e. The molecule has 1 heterocycles. The normalized spacial score (nSPS) is 11.0. The fourth-order valence-corrected chi connectivity index (χ4v) is 2.82. The molecule has 3 aromatic carbocycles. The van der Waals surface area contributed by atoms with Gasteiger partial charge < -0.3 is 9.88 Å². The van der Waals surface area contributed by atoms with Crippen LogP contribution in [0.1, 0.15) is 0 Å². The number of benzene rings is 3. The van der Waals surface area contributed by atoms with Crippen LogP contribution >= 0.6 is 0 Å². The summed E-state index contributed by atoms with van der Waals surface area (Å²) in [5, 5.41) is 5.01. The van der Waals surface area contributed by atoms with E-state index in [9.17, 15) is 9.18 Å². The number of para-hydroxylation sites is 1. The summed E-state index contributed by atoms with van der Waals surface area (Å²) >= 11 is 0. The van der Waals surface area contributed by atoms with Crippen molar-refractivity contribution in [1.82, 2.24) is 9.55 Å². The minimum Gasteiger partial charge on any atom is -0.325 e. The van der Waals surface area contributed by atoms with Gasteiger partial charge in [0.1, 0.15) is 17.9 Å². The molecule has 5 heteroatoms. The van der Waals surface area contributed by atoms with Crippen LogP contribution in [0.3, 0.4) is 0 Å². The van der Waals surface area contributed by atoms with E-state index in [1.807, 2.05) is 42.5 Å². The van der Waals surface area contributed by atoms with E-state index in [1.54, 1.807) is 12.1 Å². The number of hydrogen-bond acceptors (Lipinski definition) is 2. The van der Waals surface area contributed by atoms with Gasteiger partial charge in [0.25, 0.3) is 0 Å². The predicted octanol–water partition coefficient (Wildman–Crippen LogP) is 3.97. The van der Waals surface area contributed by atoms with Gasteiger partial charge in [0.15, 0.2) is 0 Å². The minimum absolute atomic E-state index is 0.00423. The molecule has 24 heavy (non-hydrogen) atoms. The van der Waals surface area contributed by atoms with Gasteiger partial charge in [-0.2, -0.15) is 0 Å². The molecule has 0 spiro atoms. The topological polar surface area (TPSA) is 46.9 Å². The Bertz CT molecular complexity index is 1050. The largest absolute Gasteiger partial charge is 0.325 e. The molecule has 0 saturated carbocycles. The molecule has 0 aliphatic rings. The van der Waals surface area contributed by atoms with Crippen molar-refractivity contribution in [1.29, 1.82) is 0 Å². The third kappa shape index (κ3) is 2.60. The highest BCUT2D eigenvalue weighted by atomic mass is 19.1. The second kappa shape index (κ2) is 5.77. The monoisotopic (exact) mass is 319 g/mol. The van der Waals surface area contributed by atoms with Crippen LogP contribution in [-0.2, 0) is 11.3 Å². The maximum absolute atomic E-state index is 13.9. The number of rotatable bonds is 3.